The molecule has 114 valence electrons. The third-order valence-electron chi connectivity index (χ3n) is 3.42. The van der Waals surface area contributed by atoms with Crippen LogP contribution in [0, 0.1) is 0 Å². The van der Waals surface area contributed by atoms with E-state index in [-0.39, 0.29) is 0 Å². The molecule has 21 heavy (non-hydrogen) atoms. The fourth-order valence-electron chi connectivity index (χ4n) is 2.07. The van der Waals surface area contributed by atoms with Crippen LogP contribution in [-0.4, -0.2) is 33.4 Å². The Balaban J connectivity index is 1.87. The Morgan fingerprint density at radius 2 is 1.86 bits per heavy atom. The van der Waals surface area contributed by atoms with Gasteiger partial charge in [-0.15, -0.1) is 0 Å². The maximum Gasteiger partial charge on any atom is 0.278 e. The average molecular weight is 324 g/mol. The molecule has 0 saturated carbocycles. The van der Waals surface area contributed by atoms with Crippen molar-refractivity contribution in [2.24, 2.45) is 0 Å². The number of benzene rings is 1. The van der Waals surface area contributed by atoms with Gasteiger partial charge in [-0.25, -0.2) is 4.72 Å². The second-order valence-corrected chi connectivity index (χ2v) is 7.60. The highest BCUT2D eigenvalue weighted by Crippen LogP contribution is 2.22. The number of rotatable bonds is 7. The Morgan fingerprint density at radius 1 is 1.14 bits per heavy atom. The van der Waals surface area contributed by atoms with Crippen LogP contribution in [0.3, 0.4) is 0 Å². The number of nitrogens with one attached hydrogen (secondary N) is 1. The summed E-state index contributed by atoms with van der Waals surface area (Å²) in [5.41, 5.74) is 3.69. The van der Waals surface area contributed by atoms with Crippen LogP contribution in [0.5, 0.6) is 0 Å². The monoisotopic (exact) mass is 324 g/mol. The zero-order valence-electron chi connectivity index (χ0n) is 12.2. The van der Waals surface area contributed by atoms with Gasteiger partial charge in [0, 0.05) is 20.6 Å². The lowest BCUT2D eigenvalue weighted by molar-refractivity contribution is 0.455. The summed E-state index contributed by atoms with van der Waals surface area (Å²) in [6, 6.07) is 10.6. The molecule has 1 aromatic heterocycles. The summed E-state index contributed by atoms with van der Waals surface area (Å²) < 4.78 is 26.7. The maximum atomic E-state index is 11.5. The fraction of sp³-hybridized carbons (Fsp3) is 0.333. The Morgan fingerprint density at radius 3 is 2.43 bits per heavy atom. The lowest BCUT2D eigenvalue weighted by Crippen LogP contribution is -2.36. The molecule has 4 nitrogen and oxygen atoms in total. The molecule has 0 unspecified atom stereocenters. The molecular formula is C15H20N2O2S2. The smallest absolute Gasteiger partial charge is 0.205 e. The minimum absolute atomic E-state index is 0.509. The lowest BCUT2D eigenvalue weighted by atomic mass is 10.0. The molecule has 2 aromatic rings. The van der Waals surface area contributed by atoms with E-state index in [9.17, 15) is 8.42 Å². The van der Waals surface area contributed by atoms with E-state index in [1.54, 1.807) is 18.4 Å². The van der Waals surface area contributed by atoms with Crippen LogP contribution in [0.1, 0.15) is 12.0 Å². The number of hydrogen-bond donors (Lipinski definition) is 1. The molecule has 0 fully saturated rings. The molecule has 0 saturated heterocycles. The molecule has 6 heteroatoms. The predicted octanol–water partition coefficient (Wildman–Crippen LogP) is 2.74. The average Bonchev–Trinajstić information content (AvgIpc) is 3.02. The highest BCUT2D eigenvalue weighted by molar-refractivity contribution is 7.87. The summed E-state index contributed by atoms with van der Waals surface area (Å²) in [5.74, 6) is 0. The largest absolute Gasteiger partial charge is 0.278 e. The molecule has 0 aliphatic rings. The van der Waals surface area contributed by atoms with E-state index in [0.717, 1.165) is 12.8 Å². The molecule has 0 spiro atoms. The minimum atomic E-state index is -3.30. The number of thiophene rings is 1. The predicted molar refractivity (Wildman–Crippen MR) is 88.7 cm³/mol. The molecular weight excluding hydrogens is 304 g/mol. The van der Waals surface area contributed by atoms with E-state index in [0.29, 0.717) is 6.54 Å². The first-order valence-electron chi connectivity index (χ1n) is 6.79. The van der Waals surface area contributed by atoms with Crippen LogP contribution in [-0.2, 0) is 16.6 Å². The van der Waals surface area contributed by atoms with Gasteiger partial charge in [0.2, 0.25) is 0 Å². The molecule has 0 atom stereocenters. The van der Waals surface area contributed by atoms with Crippen molar-refractivity contribution < 1.29 is 8.42 Å². The zero-order chi connectivity index (χ0) is 15.3. The molecule has 0 aliphatic heterocycles. The van der Waals surface area contributed by atoms with Crippen LogP contribution in [0.25, 0.3) is 11.1 Å². The second kappa shape index (κ2) is 7.17. The number of hydrogen-bond acceptors (Lipinski definition) is 3. The van der Waals surface area contributed by atoms with Crippen LogP contribution in [0.4, 0.5) is 0 Å². The van der Waals surface area contributed by atoms with E-state index >= 15 is 0 Å². The van der Waals surface area contributed by atoms with Crippen molar-refractivity contribution in [2.75, 3.05) is 20.6 Å². The number of aryl methyl sites for hydroxylation is 1. The van der Waals surface area contributed by atoms with Gasteiger partial charge in [0.15, 0.2) is 0 Å². The third kappa shape index (κ3) is 4.38. The molecule has 1 N–H and O–H groups in total. The SMILES string of the molecule is CNS(=O)(=O)N(C)CCCc1ccc(-c2ccsc2)cc1. The Labute approximate surface area is 130 Å². The summed E-state index contributed by atoms with van der Waals surface area (Å²) in [5, 5.41) is 4.20. The van der Waals surface area contributed by atoms with Gasteiger partial charge < -0.3 is 0 Å². The van der Waals surface area contributed by atoms with E-state index in [1.165, 1.54) is 28.0 Å². The summed E-state index contributed by atoms with van der Waals surface area (Å²) in [6.45, 7) is 0.509. The molecule has 0 bridgehead atoms. The van der Waals surface area contributed by atoms with Crippen molar-refractivity contribution in [3.05, 3.63) is 46.7 Å². The van der Waals surface area contributed by atoms with Crippen molar-refractivity contribution in [3.8, 4) is 11.1 Å². The van der Waals surface area contributed by atoms with Gasteiger partial charge in [-0.2, -0.15) is 24.1 Å². The normalized spacial score (nSPS) is 12.0. The maximum absolute atomic E-state index is 11.5. The van der Waals surface area contributed by atoms with E-state index in [2.05, 4.69) is 45.8 Å². The Hall–Kier alpha value is -1.21. The Kier molecular flexibility index (Phi) is 5.52. The van der Waals surface area contributed by atoms with Crippen LogP contribution in [0.2, 0.25) is 0 Å². The lowest BCUT2D eigenvalue weighted by Gasteiger charge is -2.15. The second-order valence-electron chi connectivity index (χ2n) is 4.84. The summed E-state index contributed by atoms with van der Waals surface area (Å²) in [7, 11) is -0.290. The molecule has 1 aromatic carbocycles. The zero-order valence-corrected chi connectivity index (χ0v) is 13.9. The molecule has 0 radical (unpaired) electrons. The van der Waals surface area contributed by atoms with Gasteiger partial charge in [0.1, 0.15) is 0 Å². The van der Waals surface area contributed by atoms with E-state index < -0.39 is 10.2 Å². The van der Waals surface area contributed by atoms with E-state index in [1.807, 2.05) is 0 Å². The number of nitrogens with zero attached hydrogens (tertiary/aromatic N) is 1. The van der Waals surface area contributed by atoms with Gasteiger partial charge in [0.25, 0.3) is 10.2 Å². The van der Waals surface area contributed by atoms with Gasteiger partial charge in [-0.3, -0.25) is 0 Å². The Bertz CT molecular complexity index is 649. The first kappa shape index (κ1) is 16.2. The van der Waals surface area contributed by atoms with Crippen molar-refractivity contribution in [2.45, 2.75) is 12.8 Å². The quantitative estimate of drug-likeness (QED) is 0.851. The van der Waals surface area contributed by atoms with Crippen molar-refractivity contribution in [3.63, 3.8) is 0 Å². The van der Waals surface area contributed by atoms with Crippen molar-refractivity contribution in [1.82, 2.24) is 9.03 Å². The third-order valence-corrected chi connectivity index (χ3v) is 5.62. The van der Waals surface area contributed by atoms with Crippen LogP contribution >= 0.6 is 11.3 Å². The first-order valence-corrected chi connectivity index (χ1v) is 9.17. The van der Waals surface area contributed by atoms with Gasteiger partial charge in [-0.05, 0) is 46.4 Å². The van der Waals surface area contributed by atoms with Gasteiger partial charge in [0.05, 0.1) is 0 Å². The molecule has 2 rings (SSSR count). The van der Waals surface area contributed by atoms with Crippen LogP contribution in [0.15, 0.2) is 41.1 Å². The summed E-state index contributed by atoms with van der Waals surface area (Å²) in [4.78, 5) is 0. The molecule has 0 aliphatic carbocycles. The summed E-state index contributed by atoms with van der Waals surface area (Å²) in [6.07, 6.45) is 1.67. The fourth-order valence-corrected chi connectivity index (χ4v) is 3.42. The molecule has 0 amide bonds. The molecule has 1 heterocycles. The standard InChI is InChI=1S/C15H20N2O2S2/c1-16-21(18,19)17(2)10-3-4-13-5-7-14(8-6-13)15-9-11-20-12-15/h5-9,11-12,16H,3-4,10H2,1-2H3. The minimum Gasteiger partial charge on any atom is -0.205 e. The first-order chi connectivity index (χ1) is 10.0. The van der Waals surface area contributed by atoms with Crippen LogP contribution < -0.4 is 4.72 Å². The van der Waals surface area contributed by atoms with E-state index in [4.69, 9.17) is 0 Å². The summed E-state index contributed by atoms with van der Waals surface area (Å²) >= 11 is 1.69. The van der Waals surface area contributed by atoms with Crippen molar-refractivity contribution in [1.29, 1.82) is 0 Å². The van der Waals surface area contributed by atoms with Gasteiger partial charge >= 0.3 is 0 Å². The van der Waals surface area contributed by atoms with Gasteiger partial charge in [-0.1, -0.05) is 24.3 Å². The highest BCUT2D eigenvalue weighted by atomic mass is 32.2. The highest BCUT2D eigenvalue weighted by Gasteiger charge is 2.13. The van der Waals surface area contributed by atoms with Crippen molar-refractivity contribution >= 4 is 21.5 Å². The topological polar surface area (TPSA) is 49.4 Å².